The Kier molecular flexibility index (Phi) is 7.83. The largest absolute Gasteiger partial charge is 0.384 e. The summed E-state index contributed by atoms with van der Waals surface area (Å²) in [5.74, 6) is 0.175. The van der Waals surface area contributed by atoms with Crippen molar-refractivity contribution in [3.8, 4) is 0 Å². The molecule has 1 amide bonds. The molecule has 3 N–H and O–H groups in total. The number of anilines is 2. The Labute approximate surface area is 215 Å². The first-order valence-corrected chi connectivity index (χ1v) is 14.0. The number of aromatic nitrogens is 2. The highest BCUT2D eigenvalue weighted by atomic mass is 32.2. The number of unbranched alkanes of at least 4 members (excludes halogenated alkanes) is 1. The van der Waals surface area contributed by atoms with Crippen LogP contribution in [0.3, 0.4) is 0 Å². The van der Waals surface area contributed by atoms with E-state index in [1.807, 2.05) is 6.08 Å². The molecule has 1 saturated heterocycles. The first-order valence-electron chi connectivity index (χ1n) is 12.5. The van der Waals surface area contributed by atoms with E-state index < -0.39 is 15.9 Å². The second kappa shape index (κ2) is 10.2. The van der Waals surface area contributed by atoms with Gasteiger partial charge in [0.1, 0.15) is 11.6 Å². The summed E-state index contributed by atoms with van der Waals surface area (Å²) in [5.41, 5.74) is 7.00. The van der Waals surface area contributed by atoms with Crippen LogP contribution in [0.25, 0.3) is 6.08 Å². The molecule has 36 heavy (non-hydrogen) atoms. The molecule has 9 heteroatoms. The molecule has 2 aromatic rings. The van der Waals surface area contributed by atoms with Gasteiger partial charge in [-0.2, -0.15) is 8.42 Å². The van der Waals surface area contributed by atoms with Gasteiger partial charge in [0.25, 0.3) is 15.9 Å². The van der Waals surface area contributed by atoms with Crippen LogP contribution in [0.4, 0.5) is 11.6 Å². The van der Waals surface area contributed by atoms with Crippen molar-refractivity contribution < 1.29 is 13.2 Å². The highest BCUT2D eigenvalue weighted by Gasteiger charge is 2.41. The van der Waals surface area contributed by atoms with Crippen LogP contribution in [0.5, 0.6) is 0 Å². The van der Waals surface area contributed by atoms with E-state index in [4.69, 9.17) is 10.7 Å². The Morgan fingerprint density at radius 3 is 2.53 bits per heavy atom. The Balaban J connectivity index is 2.18. The number of nitrogen functional groups attached to an aromatic ring is 1. The van der Waals surface area contributed by atoms with E-state index in [-0.39, 0.29) is 27.4 Å². The third kappa shape index (κ3) is 5.72. The molecule has 0 radical (unpaired) electrons. The van der Waals surface area contributed by atoms with Crippen LogP contribution >= 0.6 is 0 Å². The average Bonchev–Trinajstić information content (AvgIpc) is 3.04. The Hall–Kier alpha value is -2.94. The van der Waals surface area contributed by atoms with Crippen molar-refractivity contribution in [3.63, 3.8) is 0 Å². The van der Waals surface area contributed by atoms with E-state index in [0.717, 1.165) is 37.1 Å². The second-order valence-corrected chi connectivity index (χ2v) is 12.7. The van der Waals surface area contributed by atoms with Crippen LogP contribution in [0.2, 0.25) is 0 Å². The van der Waals surface area contributed by atoms with Crippen LogP contribution in [0.15, 0.2) is 35.4 Å². The lowest BCUT2D eigenvalue weighted by atomic mass is 9.86. The number of nitrogens with two attached hydrogens (primary N) is 1. The van der Waals surface area contributed by atoms with Gasteiger partial charge in [0, 0.05) is 17.5 Å². The van der Waals surface area contributed by atoms with Crippen molar-refractivity contribution in [2.75, 3.05) is 17.2 Å². The number of hydrogen-bond donors (Lipinski definition) is 2. The number of rotatable bonds is 7. The predicted octanol–water partition coefficient (Wildman–Crippen LogP) is 4.91. The minimum atomic E-state index is -4.24. The summed E-state index contributed by atoms with van der Waals surface area (Å²) < 4.78 is 28.2. The van der Waals surface area contributed by atoms with E-state index in [2.05, 4.69) is 69.1 Å². The van der Waals surface area contributed by atoms with E-state index in [9.17, 15) is 13.2 Å². The number of amides is 1. The maximum Gasteiger partial charge on any atom is 0.281 e. The zero-order valence-corrected chi connectivity index (χ0v) is 23.2. The Bertz CT molecular complexity index is 1260. The van der Waals surface area contributed by atoms with E-state index in [1.165, 1.54) is 18.2 Å². The van der Waals surface area contributed by atoms with E-state index >= 15 is 0 Å². The van der Waals surface area contributed by atoms with Crippen LogP contribution in [0.1, 0.15) is 89.3 Å². The molecule has 1 unspecified atom stereocenters. The molecule has 1 atom stereocenters. The Morgan fingerprint density at radius 2 is 1.97 bits per heavy atom. The first kappa shape index (κ1) is 27.6. The summed E-state index contributed by atoms with van der Waals surface area (Å²) in [7, 11) is -4.24. The van der Waals surface area contributed by atoms with Gasteiger partial charge in [0.2, 0.25) is 0 Å². The van der Waals surface area contributed by atoms with Gasteiger partial charge in [0.15, 0.2) is 5.03 Å². The minimum Gasteiger partial charge on any atom is -0.384 e. The SMILES string of the molecule is CCC/C=C/c1cc(C(=O)NS(=O)(=O)c2cccc(N)n2)c(N2CCC(C)C2(C)C)nc1C(C)(C)C. The molecular weight excluding hydrogens is 474 g/mol. The average molecular weight is 514 g/mol. The van der Waals surface area contributed by atoms with Crippen molar-refractivity contribution in [2.45, 2.75) is 83.7 Å². The van der Waals surface area contributed by atoms with Crippen LogP contribution in [0, 0.1) is 5.92 Å². The van der Waals surface area contributed by atoms with Gasteiger partial charge in [-0.05, 0) is 56.4 Å². The van der Waals surface area contributed by atoms with Crippen molar-refractivity contribution in [1.82, 2.24) is 14.7 Å². The predicted molar refractivity (Wildman–Crippen MR) is 145 cm³/mol. The number of pyridine rings is 2. The number of nitrogens with zero attached hydrogens (tertiary/aromatic N) is 3. The van der Waals surface area contributed by atoms with Crippen molar-refractivity contribution in [3.05, 3.63) is 47.2 Å². The quantitative estimate of drug-likeness (QED) is 0.540. The molecule has 2 aromatic heterocycles. The van der Waals surface area contributed by atoms with Crippen molar-refractivity contribution >= 4 is 33.6 Å². The summed E-state index contributed by atoms with van der Waals surface area (Å²) >= 11 is 0. The molecule has 0 aromatic carbocycles. The number of nitrogens with one attached hydrogen (secondary N) is 1. The smallest absolute Gasteiger partial charge is 0.281 e. The van der Waals surface area contributed by atoms with E-state index in [0.29, 0.717) is 11.7 Å². The van der Waals surface area contributed by atoms with Crippen molar-refractivity contribution in [2.24, 2.45) is 5.92 Å². The molecule has 196 valence electrons. The summed E-state index contributed by atoms with van der Waals surface area (Å²) in [6.07, 6.45) is 6.86. The molecule has 8 nitrogen and oxygen atoms in total. The number of allylic oxidation sites excluding steroid dienone is 1. The van der Waals surface area contributed by atoms with Crippen molar-refractivity contribution in [1.29, 1.82) is 0 Å². The van der Waals surface area contributed by atoms with Crippen LogP contribution < -0.4 is 15.4 Å². The van der Waals surface area contributed by atoms with Gasteiger partial charge < -0.3 is 10.6 Å². The summed E-state index contributed by atoms with van der Waals surface area (Å²) in [6.45, 7) is 15.5. The highest BCUT2D eigenvalue weighted by Crippen LogP contribution is 2.40. The summed E-state index contributed by atoms with van der Waals surface area (Å²) in [6, 6.07) is 6.04. The normalized spacial score (nSPS) is 18.1. The molecule has 1 aliphatic rings. The summed E-state index contributed by atoms with van der Waals surface area (Å²) in [5, 5.41) is -0.310. The number of hydrogen-bond acceptors (Lipinski definition) is 7. The third-order valence-corrected chi connectivity index (χ3v) is 8.16. The lowest BCUT2D eigenvalue weighted by Gasteiger charge is -2.37. The molecular formula is C27H39N5O3S. The first-order chi connectivity index (χ1) is 16.7. The lowest BCUT2D eigenvalue weighted by Crippen LogP contribution is -2.44. The second-order valence-electron chi connectivity index (χ2n) is 11.1. The molecule has 1 aliphatic heterocycles. The fourth-order valence-electron chi connectivity index (χ4n) is 4.42. The maximum atomic E-state index is 13.6. The van der Waals surface area contributed by atoms with Gasteiger partial charge in [-0.1, -0.05) is 59.3 Å². The maximum absolute atomic E-state index is 13.6. The van der Waals surface area contributed by atoms with E-state index in [1.54, 1.807) is 6.07 Å². The lowest BCUT2D eigenvalue weighted by molar-refractivity contribution is 0.0981. The fourth-order valence-corrected chi connectivity index (χ4v) is 5.36. The van der Waals surface area contributed by atoms with Crippen LogP contribution in [-0.4, -0.2) is 36.4 Å². The third-order valence-electron chi connectivity index (χ3n) is 6.93. The molecule has 1 fully saturated rings. The van der Waals surface area contributed by atoms with Gasteiger partial charge in [-0.3, -0.25) is 4.79 Å². The monoisotopic (exact) mass is 513 g/mol. The molecule has 3 heterocycles. The number of carbonyl (C=O) groups is 1. The topological polar surface area (TPSA) is 118 Å². The zero-order valence-electron chi connectivity index (χ0n) is 22.4. The minimum absolute atomic E-state index is 0.0540. The zero-order chi connectivity index (χ0) is 26.9. The molecule has 0 saturated carbocycles. The molecule has 0 spiro atoms. The fraction of sp³-hybridized carbons (Fsp3) is 0.519. The van der Waals surface area contributed by atoms with Gasteiger partial charge in [-0.25, -0.2) is 14.7 Å². The molecule has 0 bridgehead atoms. The number of sulfonamides is 1. The van der Waals surface area contributed by atoms with Crippen LogP contribution in [-0.2, 0) is 15.4 Å². The van der Waals surface area contributed by atoms with Gasteiger partial charge in [-0.15, -0.1) is 0 Å². The highest BCUT2D eigenvalue weighted by molar-refractivity contribution is 7.90. The standard InChI is InChI=1S/C27H39N5O3S/c1-8-9-10-12-19-17-20(25(33)31-36(34,35)22-14-11-13-21(28)29-22)24(30-23(19)26(3,4)5)32-16-15-18(2)27(32,6)7/h10-14,17-18H,8-9,15-16H2,1-7H3,(H2,28,29)(H,31,33)/b12-10+. The summed E-state index contributed by atoms with van der Waals surface area (Å²) in [4.78, 5) is 24.7. The Morgan fingerprint density at radius 1 is 1.28 bits per heavy atom. The molecule has 3 rings (SSSR count). The molecule has 0 aliphatic carbocycles. The van der Waals surface area contributed by atoms with Gasteiger partial charge >= 0.3 is 0 Å². The van der Waals surface area contributed by atoms with Gasteiger partial charge in [0.05, 0.1) is 11.3 Å². The number of carbonyl (C=O) groups excluding carboxylic acids is 1.